The highest BCUT2D eigenvalue weighted by molar-refractivity contribution is 6.01. The number of benzene rings is 2. The molecule has 2 aromatic heterocycles. The van der Waals surface area contributed by atoms with E-state index in [1.54, 1.807) is 4.68 Å². The minimum Gasteiger partial charge on any atom is -0.344 e. The van der Waals surface area contributed by atoms with E-state index < -0.39 is 17.2 Å². The highest BCUT2D eigenvalue weighted by Crippen LogP contribution is 2.49. The number of carbonyl (C=O) groups is 1. The van der Waals surface area contributed by atoms with Gasteiger partial charge in [0.15, 0.2) is 5.78 Å². The van der Waals surface area contributed by atoms with Crippen molar-refractivity contribution in [1.82, 2.24) is 19.7 Å². The number of fused-ring (bicyclic) bond motifs is 1. The van der Waals surface area contributed by atoms with Crippen molar-refractivity contribution in [3.8, 4) is 16.9 Å². The maximum atomic E-state index is 13.6. The fourth-order valence-corrected chi connectivity index (χ4v) is 5.39. The van der Waals surface area contributed by atoms with Gasteiger partial charge in [-0.1, -0.05) is 62.4 Å². The Morgan fingerprint density at radius 3 is 2.33 bits per heavy atom. The molecule has 0 fully saturated rings. The van der Waals surface area contributed by atoms with E-state index in [4.69, 9.17) is 5.10 Å². The SMILES string of the molecule is CC1(C)CC(=O)C2=C(C1)Nc1[nH]c(=O)[nH]c(=O)c1[C@@H]2c1cn(-c2ccccc2)nc1-c1ccccc1. The molecule has 2 aromatic carbocycles. The van der Waals surface area contributed by atoms with Gasteiger partial charge in [-0.2, -0.15) is 5.10 Å². The zero-order chi connectivity index (χ0) is 25.0. The van der Waals surface area contributed by atoms with Crippen LogP contribution in [0, 0.1) is 5.41 Å². The number of nitrogens with one attached hydrogen (secondary N) is 3. The molecule has 8 nitrogen and oxygen atoms in total. The first kappa shape index (κ1) is 22.0. The summed E-state index contributed by atoms with van der Waals surface area (Å²) >= 11 is 0. The predicted molar refractivity (Wildman–Crippen MR) is 137 cm³/mol. The minimum absolute atomic E-state index is 0.0125. The molecular formula is C28H25N5O3. The molecule has 0 radical (unpaired) electrons. The molecule has 0 saturated heterocycles. The van der Waals surface area contributed by atoms with Crippen LogP contribution in [0.3, 0.4) is 0 Å². The van der Waals surface area contributed by atoms with Crippen molar-refractivity contribution in [2.24, 2.45) is 5.41 Å². The molecule has 3 heterocycles. The van der Waals surface area contributed by atoms with Gasteiger partial charge in [0, 0.05) is 35.0 Å². The van der Waals surface area contributed by atoms with Crippen molar-refractivity contribution in [3.05, 3.63) is 110 Å². The number of ketones is 1. The zero-order valence-electron chi connectivity index (χ0n) is 20.0. The highest BCUT2D eigenvalue weighted by atomic mass is 16.2. The first-order valence-corrected chi connectivity index (χ1v) is 11.9. The average Bonchev–Trinajstić information content (AvgIpc) is 3.28. The van der Waals surface area contributed by atoms with E-state index in [0.29, 0.717) is 35.5 Å². The van der Waals surface area contributed by atoms with Gasteiger partial charge < -0.3 is 5.32 Å². The third-order valence-corrected chi connectivity index (χ3v) is 6.87. The van der Waals surface area contributed by atoms with Crippen LogP contribution in [0.4, 0.5) is 5.82 Å². The number of hydrogen-bond acceptors (Lipinski definition) is 5. The summed E-state index contributed by atoms with van der Waals surface area (Å²) in [6.45, 7) is 4.09. The standard InChI is InChI=1S/C28H25N5O3/c1-28(2)13-19-22(20(34)14-28)21(23-25(29-19)30-27(36)31-26(23)35)18-15-33(17-11-7-4-8-12-17)32-24(18)16-9-5-3-6-10-16/h3-12,15,21H,13-14H2,1-2H3,(H3,29,30,31,35,36)/t21-/m1/s1. The van der Waals surface area contributed by atoms with Crippen LogP contribution in [0.2, 0.25) is 0 Å². The normalized spacial score (nSPS) is 18.4. The lowest BCUT2D eigenvalue weighted by molar-refractivity contribution is -0.118. The fraction of sp³-hybridized carbons (Fsp3) is 0.214. The van der Waals surface area contributed by atoms with E-state index >= 15 is 0 Å². The number of carbonyl (C=O) groups excluding carboxylic acids is 1. The van der Waals surface area contributed by atoms with Gasteiger partial charge in [0.1, 0.15) is 5.82 Å². The second-order valence-electron chi connectivity index (χ2n) is 10.2. The number of aromatic nitrogens is 4. The van der Waals surface area contributed by atoms with Crippen LogP contribution in [-0.2, 0) is 4.79 Å². The zero-order valence-corrected chi connectivity index (χ0v) is 20.0. The summed E-state index contributed by atoms with van der Waals surface area (Å²) in [6, 6.07) is 19.4. The molecule has 3 N–H and O–H groups in total. The second-order valence-corrected chi connectivity index (χ2v) is 10.2. The Morgan fingerprint density at radius 2 is 1.61 bits per heavy atom. The summed E-state index contributed by atoms with van der Waals surface area (Å²) < 4.78 is 1.77. The van der Waals surface area contributed by atoms with Gasteiger partial charge >= 0.3 is 5.69 Å². The minimum atomic E-state index is -0.687. The number of hydrogen-bond donors (Lipinski definition) is 3. The van der Waals surface area contributed by atoms with Crippen molar-refractivity contribution in [3.63, 3.8) is 0 Å². The number of nitrogens with zero attached hydrogens (tertiary/aromatic N) is 2. The molecule has 180 valence electrons. The maximum Gasteiger partial charge on any atom is 0.327 e. The van der Waals surface area contributed by atoms with Crippen LogP contribution in [0.25, 0.3) is 16.9 Å². The van der Waals surface area contributed by atoms with E-state index in [2.05, 4.69) is 15.3 Å². The smallest absolute Gasteiger partial charge is 0.327 e. The molecule has 0 amide bonds. The Balaban J connectivity index is 1.66. The summed E-state index contributed by atoms with van der Waals surface area (Å²) in [5.41, 5.74) is 3.36. The quantitative estimate of drug-likeness (QED) is 0.409. The molecule has 1 atom stereocenters. The Morgan fingerprint density at radius 1 is 0.917 bits per heavy atom. The number of para-hydroxylation sites is 1. The predicted octanol–water partition coefficient (Wildman–Crippen LogP) is 4.12. The maximum absolute atomic E-state index is 13.6. The third kappa shape index (κ3) is 3.62. The van der Waals surface area contributed by atoms with Crippen molar-refractivity contribution in [2.45, 2.75) is 32.6 Å². The highest BCUT2D eigenvalue weighted by Gasteiger charge is 2.43. The lowest BCUT2D eigenvalue weighted by Gasteiger charge is -2.38. The number of Topliss-reactive ketones (excluding diaryl/α,β-unsaturated/α-hetero) is 1. The molecule has 1 aliphatic carbocycles. The first-order chi connectivity index (χ1) is 17.3. The number of aromatic amines is 2. The number of anilines is 1. The van der Waals surface area contributed by atoms with Crippen molar-refractivity contribution in [2.75, 3.05) is 5.32 Å². The summed E-state index contributed by atoms with van der Waals surface area (Å²) in [5, 5.41) is 8.14. The van der Waals surface area contributed by atoms with Gasteiger partial charge in [0.05, 0.1) is 22.9 Å². The number of rotatable bonds is 3. The monoisotopic (exact) mass is 479 g/mol. The Hall–Kier alpha value is -4.46. The summed E-state index contributed by atoms with van der Waals surface area (Å²) in [7, 11) is 0. The molecule has 0 bridgehead atoms. The van der Waals surface area contributed by atoms with Gasteiger partial charge in [0.2, 0.25) is 0 Å². The second kappa shape index (κ2) is 8.05. The van der Waals surface area contributed by atoms with Crippen LogP contribution in [-0.4, -0.2) is 25.5 Å². The molecule has 36 heavy (non-hydrogen) atoms. The Labute approximate surface area is 206 Å². The lowest BCUT2D eigenvalue weighted by atomic mass is 9.69. The summed E-state index contributed by atoms with van der Waals surface area (Å²) in [4.78, 5) is 44.1. The van der Waals surface area contributed by atoms with E-state index in [9.17, 15) is 14.4 Å². The molecule has 8 heteroatoms. The van der Waals surface area contributed by atoms with Crippen LogP contribution < -0.4 is 16.6 Å². The van der Waals surface area contributed by atoms with Crippen LogP contribution >= 0.6 is 0 Å². The fourth-order valence-electron chi connectivity index (χ4n) is 5.39. The largest absolute Gasteiger partial charge is 0.344 e. The number of allylic oxidation sites excluding steroid dienone is 2. The number of H-pyrrole nitrogens is 2. The van der Waals surface area contributed by atoms with Gasteiger partial charge in [-0.15, -0.1) is 0 Å². The molecule has 6 rings (SSSR count). The van der Waals surface area contributed by atoms with E-state index in [1.165, 1.54) is 0 Å². The molecular weight excluding hydrogens is 454 g/mol. The molecule has 0 unspecified atom stereocenters. The molecule has 0 spiro atoms. The molecule has 2 aliphatic rings. The first-order valence-electron chi connectivity index (χ1n) is 11.9. The van der Waals surface area contributed by atoms with Crippen molar-refractivity contribution in [1.29, 1.82) is 0 Å². The van der Waals surface area contributed by atoms with E-state index in [-0.39, 0.29) is 11.2 Å². The van der Waals surface area contributed by atoms with Crippen molar-refractivity contribution >= 4 is 11.6 Å². The van der Waals surface area contributed by atoms with E-state index in [1.807, 2.05) is 80.7 Å². The lowest BCUT2D eigenvalue weighted by Crippen LogP contribution is -2.39. The summed E-state index contributed by atoms with van der Waals surface area (Å²) in [5.74, 6) is -0.376. The average molecular weight is 480 g/mol. The van der Waals surface area contributed by atoms with E-state index in [0.717, 1.165) is 22.5 Å². The van der Waals surface area contributed by atoms with Gasteiger partial charge in [-0.3, -0.25) is 19.6 Å². The third-order valence-electron chi connectivity index (χ3n) is 6.87. The Bertz CT molecular complexity index is 1640. The van der Waals surface area contributed by atoms with Crippen molar-refractivity contribution < 1.29 is 4.79 Å². The molecule has 1 aliphatic heterocycles. The van der Waals surface area contributed by atoms with Crippen LogP contribution in [0.1, 0.15) is 43.7 Å². The van der Waals surface area contributed by atoms with Gasteiger partial charge in [0.25, 0.3) is 5.56 Å². The topological polar surface area (TPSA) is 113 Å². The van der Waals surface area contributed by atoms with Gasteiger partial charge in [-0.05, 0) is 24.0 Å². The molecule has 4 aromatic rings. The molecule has 0 saturated carbocycles. The van der Waals surface area contributed by atoms with Crippen LogP contribution in [0.15, 0.2) is 87.7 Å². The Kier molecular flexibility index (Phi) is 4.93. The van der Waals surface area contributed by atoms with Gasteiger partial charge in [-0.25, -0.2) is 9.48 Å². The summed E-state index contributed by atoms with van der Waals surface area (Å²) in [6.07, 6.45) is 2.88. The van der Waals surface area contributed by atoms with Crippen LogP contribution in [0.5, 0.6) is 0 Å².